The minimum atomic E-state index is 0. The molecule has 2 aromatic carbocycles. The van der Waals surface area contributed by atoms with Crippen LogP contribution in [0, 0.1) is 0 Å². The van der Waals surface area contributed by atoms with Gasteiger partial charge in [0.05, 0.1) is 0 Å². The van der Waals surface area contributed by atoms with Crippen molar-refractivity contribution in [3.05, 3.63) is 58.7 Å². The summed E-state index contributed by atoms with van der Waals surface area (Å²) in [6.07, 6.45) is 5.49. The smallest absolute Gasteiger partial charge is 0.210 e. The molecule has 0 heterocycles. The zero-order chi connectivity index (χ0) is 15.7. The van der Waals surface area contributed by atoms with Gasteiger partial charge in [-0.15, -0.1) is 0 Å². The van der Waals surface area contributed by atoms with E-state index in [9.17, 15) is 0 Å². The van der Waals surface area contributed by atoms with Crippen molar-refractivity contribution >= 4 is 0 Å². The fourth-order valence-corrected chi connectivity index (χ4v) is 4.31. The van der Waals surface area contributed by atoms with E-state index in [1.807, 2.05) is 0 Å². The van der Waals surface area contributed by atoms with E-state index in [-0.39, 0.29) is 26.2 Å². The van der Waals surface area contributed by atoms with Crippen molar-refractivity contribution in [2.24, 2.45) is 0 Å². The maximum atomic E-state index is 2.34. The molecule has 2 aromatic rings. The summed E-state index contributed by atoms with van der Waals surface area (Å²) in [7, 11) is 0. The largest absolute Gasteiger partial charge is 2.00 e. The molecule has 0 radical (unpaired) electrons. The molecule has 0 N–H and O–H groups in total. The third kappa shape index (κ3) is 3.98. The second kappa shape index (κ2) is 8.11. The van der Waals surface area contributed by atoms with E-state index in [1.165, 1.54) is 25.7 Å². The molecule has 0 bridgehead atoms. The van der Waals surface area contributed by atoms with Gasteiger partial charge in [0.15, 0.2) is 0 Å². The van der Waals surface area contributed by atoms with Crippen LogP contribution in [0.2, 0.25) is 0 Å². The van der Waals surface area contributed by atoms with E-state index in [0.29, 0.717) is 0 Å². The van der Waals surface area contributed by atoms with E-state index in [0.717, 1.165) is 23.7 Å². The Kier molecular flexibility index (Phi) is 6.67. The van der Waals surface area contributed by atoms with Crippen LogP contribution in [0.15, 0.2) is 36.4 Å². The van der Waals surface area contributed by atoms with Gasteiger partial charge in [0.2, 0.25) is 0 Å². The Hall–Kier alpha value is -0.417. The molecule has 0 amide bonds. The van der Waals surface area contributed by atoms with Gasteiger partial charge in [-0.1, -0.05) is 52.4 Å². The van der Waals surface area contributed by atoms with Crippen LogP contribution in [0.3, 0.4) is 0 Å². The summed E-state index contributed by atoms with van der Waals surface area (Å²) in [6.45, 7) is 9.35. The van der Waals surface area contributed by atoms with E-state index < -0.39 is 0 Å². The molecule has 2 aliphatic carbocycles. The van der Waals surface area contributed by atoms with Gasteiger partial charge >= 0.3 is 26.2 Å². The molecule has 1 heteroatoms. The average molecular weight is 386 g/mol. The first-order valence-electron chi connectivity index (χ1n) is 9.09. The van der Waals surface area contributed by atoms with E-state index in [2.05, 4.69) is 64.1 Å². The standard InChI is InChI=1S/2C11H15.Zr/c2*1-8-6-7-9(2)11-5-3-4-10(8)11;/h2*3-5,8-9H,6-7H2,1-2H3;/q2*-1;+2. The summed E-state index contributed by atoms with van der Waals surface area (Å²) in [5.74, 6) is 3.21. The van der Waals surface area contributed by atoms with E-state index >= 15 is 0 Å². The van der Waals surface area contributed by atoms with Crippen molar-refractivity contribution < 1.29 is 26.2 Å². The predicted molar refractivity (Wildman–Crippen MR) is 96.2 cm³/mol. The van der Waals surface area contributed by atoms with Gasteiger partial charge in [-0.3, -0.25) is 0 Å². The molecule has 23 heavy (non-hydrogen) atoms. The summed E-state index contributed by atoms with van der Waals surface area (Å²) in [4.78, 5) is 0. The normalized spacial score (nSPS) is 28.7. The summed E-state index contributed by atoms with van der Waals surface area (Å²) in [6, 6.07) is 13.5. The molecular formula is C22H30Zr. The molecule has 0 aliphatic heterocycles. The third-order valence-electron chi connectivity index (χ3n) is 5.96. The van der Waals surface area contributed by atoms with Crippen molar-refractivity contribution in [1.82, 2.24) is 0 Å². The van der Waals surface area contributed by atoms with Gasteiger partial charge < -0.3 is 0 Å². The van der Waals surface area contributed by atoms with Crippen LogP contribution in [0.1, 0.15) is 99.3 Å². The van der Waals surface area contributed by atoms with Gasteiger partial charge in [0.1, 0.15) is 0 Å². The van der Waals surface area contributed by atoms with Gasteiger partial charge in [-0.05, 0) is 24.7 Å². The van der Waals surface area contributed by atoms with Crippen molar-refractivity contribution in [2.75, 3.05) is 0 Å². The Labute approximate surface area is 161 Å². The first kappa shape index (κ1) is 18.9. The molecule has 2 aliphatic rings. The second-order valence-electron chi connectivity index (χ2n) is 7.63. The summed E-state index contributed by atoms with van der Waals surface area (Å²) in [5.41, 5.74) is 6.40. The monoisotopic (exact) mass is 384 g/mol. The molecule has 122 valence electrons. The molecule has 4 unspecified atom stereocenters. The second-order valence-corrected chi connectivity index (χ2v) is 7.63. The van der Waals surface area contributed by atoms with Crippen LogP contribution < -0.4 is 0 Å². The molecule has 0 saturated heterocycles. The molecule has 0 saturated carbocycles. The molecule has 0 fully saturated rings. The van der Waals surface area contributed by atoms with Crippen molar-refractivity contribution in [1.29, 1.82) is 0 Å². The Morgan fingerprint density at radius 2 is 1.00 bits per heavy atom. The Bertz CT molecular complexity index is 500. The Morgan fingerprint density at radius 1 is 0.652 bits per heavy atom. The summed E-state index contributed by atoms with van der Waals surface area (Å²) >= 11 is 0. The zero-order valence-corrected chi connectivity index (χ0v) is 17.6. The first-order chi connectivity index (χ1) is 10.6. The van der Waals surface area contributed by atoms with Crippen LogP contribution in [-0.2, 0) is 26.2 Å². The third-order valence-corrected chi connectivity index (χ3v) is 5.96. The van der Waals surface area contributed by atoms with Crippen LogP contribution in [-0.4, -0.2) is 0 Å². The van der Waals surface area contributed by atoms with Crippen molar-refractivity contribution in [3.8, 4) is 0 Å². The van der Waals surface area contributed by atoms with Crippen molar-refractivity contribution in [3.63, 3.8) is 0 Å². The predicted octanol–water partition coefficient (Wildman–Crippen LogP) is 6.81. The molecule has 0 aromatic heterocycles. The minimum absolute atomic E-state index is 0. The zero-order valence-electron chi connectivity index (χ0n) is 15.1. The van der Waals surface area contributed by atoms with Gasteiger partial charge in [0.25, 0.3) is 0 Å². The number of hydrogen-bond donors (Lipinski definition) is 0. The first-order valence-corrected chi connectivity index (χ1v) is 9.09. The van der Waals surface area contributed by atoms with Crippen LogP contribution in [0.4, 0.5) is 0 Å². The SMILES string of the molecule is CC1CCC(C)c2[cH-]ccc21.CC1CCC(C)c2[cH-]ccc21.[Zr+2]. The fraction of sp³-hybridized carbons (Fsp3) is 0.545. The molecule has 0 nitrogen and oxygen atoms in total. The number of hydrogen-bond acceptors (Lipinski definition) is 0. The molecule has 4 rings (SSSR count). The Morgan fingerprint density at radius 3 is 1.35 bits per heavy atom. The molecular weight excluding hydrogens is 355 g/mol. The maximum Gasteiger partial charge on any atom is 2.00 e. The molecule has 0 spiro atoms. The minimum Gasteiger partial charge on any atom is -0.210 e. The van der Waals surface area contributed by atoms with Crippen LogP contribution >= 0.6 is 0 Å². The van der Waals surface area contributed by atoms with Crippen molar-refractivity contribution in [2.45, 2.75) is 77.0 Å². The Balaban J connectivity index is 0.000000160. The van der Waals surface area contributed by atoms with E-state index in [4.69, 9.17) is 0 Å². The number of rotatable bonds is 0. The maximum absolute atomic E-state index is 2.34. The van der Waals surface area contributed by atoms with Crippen LogP contribution in [0.25, 0.3) is 0 Å². The molecule has 4 atom stereocenters. The average Bonchev–Trinajstić information content (AvgIpc) is 3.17. The van der Waals surface area contributed by atoms with Crippen LogP contribution in [0.5, 0.6) is 0 Å². The summed E-state index contributed by atoms with van der Waals surface area (Å²) in [5, 5.41) is 0. The van der Waals surface area contributed by atoms with Gasteiger partial charge in [-0.25, -0.2) is 12.1 Å². The van der Waals surface area contributed by atoms with Gasteiger partial charge in [0, 0.05) is 0 Å². The van der Waals surface area contributed by atoms with Gasteiger partial charge in [-0.2, -0.15) is 46.5 Å². The quantitative estimate of drug-likeness (QED) is 0.437. The summed E-state index contributed by atoms with van der Waals surface area (Å²) < 4.78 is 0. The topological polar surface area (TPSA) is 0 Å². The van der Waals surface area contributed by atoms with E-state index in [1.54, 1.807) is 22.3 Å². The fourth-order valence-electron chi connectivity index (χ4n) is 4.31. The number of fused-ring (bicyclic) bond motifs is 2.